The summed E-state index contributed by atoms with van der Waals surface area (Å²) in [5.41, 5.74) is 0.433. The predicted molar refractivity (Wildman–Crippen MR) is 156 cm³/mol. The van der Waals surface area contributed by atoms with E-state index in [0.29, 0.717) is 28.4 Å². The lowest BCUT2D eigenvalue weighted by Gasteiger charge is -2.28. The quantitative estimate of drug-likeness (QED) is 0.140. The van der Waals surface area contributed by atoms with Gasteiger partial charge in [0.1, 0.15) is 17.2 Å². The summed E-state index contributed by atoms with van der Waals surface area (Å²) in [5, 5.41) is 0. The molecule has 0 spiro atoms. The average molecular weight is 537 g/mol. The van der Waals surface area contributed by atoms with Crippen molar-refractivity contribution in [1.82, 2.24) is 0 Å². The third-order valence-electron chi connectivity index (χ3n) is 6.28. The van der Waals surface area contributed by atoms with Crippen LogP contribution in [0.1, 0.15) is 104 Å². The van der Waals surface area contributed by atoms with E-state index in [1.165, 1.54) is 6.08 Å². The van der Waals surface area contributed by atoms with E-state index in [0.717, 1.165) is 12.0 Å². The SMILES string of the molecule is CCC(C)(C)c1cc(C=CC(=O)c2ccc(OC(=O)C(C)(C)C)cc2)c(OC(C)C)cc1OC(=O)C(C)(C)C. The van der Waals surface area contributed by atoms with Gasteiger partial charge < -0.3 is 14.2 Å². The molecule has 0 amide bonds. The Morgan fingerprint density at radius 2 is 1.33 bits per heavy atom. The molecule has 0 fully saturated rings. The van der Waals surface area contributed by atoms with E-state index in [2.05, 4.69) is 20.8 Å². The zero-order valence-corrected chi connectivity index (χ0v) is 25.4. The third-order valence-corrected chi connectivity index (χ3v) is 6.28. The van der Waals surface area contributed by atoms with Gasteiger partial charge in [-0.15, -0.1) is 0 Å². The lowest BCUT2D eigenvalue weighted by atomic mass is 9.80. The minimum absolute atomic E-state index is 0.132. The van der Waals surface area contributed by atoms with E-state index in [4.69, 9.17) is 14.2 Å². The van der Waals surface area contributed by atoms with E-state index in [1.807, 2.05) is 40.7 Å². The Hall–Kier alpha value is -3.41. The molecule has 0 aliphatic carbocycles. The topological polar surface area (TPSA) is 78.9 Å². The zero-order valence-electron chi connectivity index (χ0n) is 25.4. The molecule has 0 aliphatic rings. The summed E-state index contributed by atoms with van der Waals surface area (Å²) in [6.45, 7) is 20.9. The first-order chi connectivity index (χ1) is 17.8. The van der Waals surface area contributed by atoms with Gasteiger partial charge in [-0.05, 0) is 110 Å². The van der Waals surface area contributed by atoms with E-state index >= 15 is 0 Å². The fourth-order valence-corrected chi connectivity index (χ4v) is 3.33. The Bertz CT molecular complexity index is 1220. The number of ketones is 1. The van der Waals surface area contributed by atoms with Gasteiger partial charge in [0, 0.05) is 22.8 Å². The predicted octanol–water partition coefficient (Wildman–Crippen LogP) is 7.96. The Morgan fingerprint density at radius 1 is 0.795 bits per heavy atom. The minimum Gasteiger partial charge on any atom is -0.490 e. The van der Waals surface area contributed by atoms with Crippen molar-refractivity contribution in [3.8, 4) is 17.2 Å². The summed E-state index contributed by atoms with van der Waals surface area (Å²) in [6, 6.07) is 10.2. The maximum atomic E-state index is 13.0. The number of hydrogen-bond acceptors (Lipinski definition) is 6. The van der Waals surface area contributed by atoms with Gasteiger partial charge in [-0.25, -0.2) is 0 Å². The minimum atomic E-state index is -0.668. The Morgan fingerprint density at radius 3 is 1.82 bits per heavy atom. The van der Waals surface area contributed by atoms with Gasteiger partial charge in [0.05, 0.1) is 16.9 Å². The molecule has 6 heteroatoms. The van der Waals surface area contributed by atoms with Gasteiger partial charge in [0.2, 0.25) is 0 Å². The van der Waals surface area contributed by atoms with Crippen LogP contribution >= 0.6 is 0 Å². The number of benzene rings is 2. The van der Waals surface area contributed by atoms with Crippen LogP contribution in [0.3, 0.4) is 0 Å². The molecule has 39 heavy (non-hydrogen) atoms. The van der Waals surface area contributed by atoms with Gasteiger partial charge in [0.15, 0.2) is 5.78 Å². The van der Waals surface area contributed by atoms with Crippen molar-refractivity contribution in [3.63, 3.8) is 0 Å². The highest BCUT2D eigenvalue weighted by Gasteiger charge is 2.30. The van der Waals surface area contributed by atoms with Crippen molar-refractivity contribution < 1.29 is 28.6 Å². The summed E-state index contributed by atoms with van der Waals surface area (Å²) in [6.07, 6.45) is 3.89. The number of hydrogen-bond donors (Lipinski definition) is 0. The van der Waals surface area contributed by atoms with Crippen LogP contribution < -0.4 is 14.2 Å². The van der Waals surface area contributed by atoms with Crippen molar-refractivity contribution in [2.45, 2.75) is 94.1 Å². The highest BCUT2D eigenvalue weighted by Crippen LogP contribution is 2.40. The van der Waals surface area contributed by atoms with Crippen molar-refractivity contribution in [2.24, 2.45) is 10.8 Å². The largest absolute Gasteiger partial charge is 0.490 e. The molecule has 2 rings (SSSR count). The number of carbonyl (C=O) groups excluding carboxylic acids is 3. The van der Waals surface area contributed by atoms with Crippen LogP contribution in [0, 0.1) is 10.8 Å². The average Bonchev–Trinajstić information content (AvgIpc) is 2.82. The Balaban J connectivity index is 2.46. The fraction of sp³-hybridized carbons (Fsp3) is 0.485. The molecule has 0 aromatic heterocycles. The molecular weight excluding hydrogens is 492 g/mol. The van der Waals surface area contributed by atoms with E-state index in [9.17, 15) is 14.4 Å². The molecule has 2 aromatic carbocycles. The summed E-state index contributed by atoms with van der Waals surface area (Å²) in [7, 11) is 0. The van der Waals surface area contributed by atoms with Gasteiger partial charge in [-0.1, -0.05) is 20.8 Å². The molecule has 0 atom stereocenters. The zero-order chi connectivity index (χ0) is 29.8. The van der Waals surface area contributed by atoms with Crippen LogP contribution in [-0.2, 0) is 15.0 Å². The van der Waals surface area contributed by atoms with Gasteiger partial charge in [-0.2, -0.15) is 0 Å². The molecule has 0 heterocycles. The van der Waals surface area contributed by atoms with Crippen molar-refractivity contribution >= 4 is 23.8 Å². The molecule has 0 radical (unpaired) electrons. The molecule has 0 bridgehead atoms. The van der Waals surface area contributed by atoms with Crippen LogP contribution in [0.15, 0.2) is 42.5 Å². The second kappa shape index (κ2) is 12.2. The van der Waals surface area contributed by atoms with Crippen LogP contribution in [0.4, 0.5) is 0 Å². The van der Waals surface area contributed by atoms with Gasteiger partial charge in [0.25, 0.3) is 0 Å². The van der Waals surface area contributed by atoms with Gasteiger partial charge >= 0.3 is 11.9 Å². The van der Waals surface area contributed by atoms with Crippen LogP contribution in [-0.4, -0.2) is 23.8 Å². The smallest absolute Gasteiger partial charge is 0.316 e. The molecule has 0 aliphatic heterocycles. The van der Waals surface area contributed by atoms with Crippen molar-refractivity contribution in [1.29, 1.82) is 0 Å². The molecule has 0 N–H and O–H groups in total. The molecule has 0 unspecified atom stereocenters. The van der Waals surface area contributed by atoms with Gasteiger partial charge in [-0.3, -0.25) is 14.4 Å². The summed E-state index contributed by atoms with van der Waals surface area (Å²) < 4.78 is 17.3. The summed E-state index contributed by atoms with van der Waals surface area (Å²) >= 11 is 0. The molecule has 2 aromatic rings. The number of allylic oxidation sites excluding steroid dienone is 1. The fourth-order valence-electron chi connectivity index (χ4n) is 3.33. The standard InChI is InChI=1S/C33H44O6/c1-12-33(10,11)25-19-23(27(37-21(2)3)20-28(25)39-30(36)32(7,8)9)15-18-26(34)22-13-16-24(17-14-22)38-29(35)31(4,5)6/h13-21H,12H2,1-11H3. The lowest BCUT2D eigenvalue weighted by Crippen LogP contribution is -2.27. The molecule has 0 saturated heterocycles. The third kappa shape index (κ3) is 8.81. The molecular formula is C33H44O6. The molecule has 6 nitrogen and oxygen atoms in total. The van der Waals surface area contributed by atoms with E-state index in [1.54, 1.807) is 57.2 Å². The first-order valence-electron chi connectivity index (χ1n) is 13.5. The maximum Gasteiger partial charge on any atom is 0.316 e. The highest BCUT2D eigenvalue weighted by molar-refractivity contribution is 6.07. The highest BCUT2D eigenvalue weighted by atomic mass is 16.5. The normalized spacial score (nSPS) is 12.5. The van der Waals surface area contributed by atoms with Crippen LogP contribution in [0.5, 0.6) is 17.2 Å². The van der Waals surface area contributed by atoms with Crippen LogP contribution in [0.25, 0.3) is 6.08 Å². The van der Waals surface area contributed by atoms with E-state index in [-0.39, 0.29) is 29.2 Å². The molecule has 0 saturated carbocycles. The number of ether oxygens (including phenoxy) is 3. The first kappa shape index (κ1) is 31.8. The number of carbonyl (C=O) groups is 3. The number of rotatable bonds is 9. The second-order valence-corrected chi connectivity index (χ2v) is 12.8. The second-order valence-electron chi connectivity index (χ2n) is 12.8. The first-order valence-corrected chi connectivity index (χ1v) is 13.5. The maximum absolute atomic E-state index is 13.0. The monoisotopic (exact) mass is 536 g/mol. The van der Waals surface area contributed by atoms with E-state index < -0.39 is 10.8 Å². The molecule has 212 valence electrons. The van der Waals surface area contributed by atoms with Crippen molar-refractivity contribution in [2.75, 3.05) is 0 Å². The Kier molecular flexibility index (Phi) is 9.94. The van der Waals surface area contributed by atoms with Crippen molar-refractivity contribution in [3.05, 3.63) is 59.2 Å². The summed E-state index contributed by atoms with van der Waals surface area (Å²) in [4.78, 5) is 37.9. The number of esters is 2. The summed E-state index contributed by atoms with van der Waals surface area (Å²) in [5.74, 6) is 0.476. The Labute approximate surface area is 233 Å². The lowest BCUT2D eigenvalue weighted by molar-refractivity contribution is -0.143. The van der Waals surface area contributed by atoms with Crippen LogP contribution in [0.2, 0.25) is 0 Å².